The van der Waals surface area contributed by atoms with E-state index in [2.05, 4.69) is 36.4 Å². The first kappa shape index (κ1) is 20.0. The van der Waals surface area contributed by atoms with Crippen molar-refractivity contribution in [3.05, 3.63) is 188 Å². The van der Waals surface area contributed by atoms with Crippen LogP contribution in [0.2, 0.25) is 0 Å². The predicted molar refractivity (Wildman–Crippen MR) is 238 cm³/mol. The molecule has 0 fully saturated rings. The van der Waals surface area contributed by atoms with Crippen molar-refractivity contribution >= 4 is 75.1 Å². The monoisotopic (exact) mass is 761 g/mol. The Morgan fingerprint density at radius 3 is 1.40 bits per heavy atom. The number of hydrogen-bond donors (Lipinski definition) is 0. The van der Waals surface area contributed by atoms with Gasteiger partial charge in [-0.3, -0.25) is 9.13 Å². The van der Waals surface area contributed by atoms with Gasteiger partial charge in [0.05, 0.1) is 44.0 Å². The minimum absolute atomic E-state index is 0.134. The van der Waals surface area contributed by atoms with Crippen molar-refractivity contribution in [1.82, 2.24) is 24.1 Å². The maximum Gasteiger partial charge on any atom is 0.240 e. The second kappa shape index (κ2) is 12.6. The normalized spacial score (nSPS) is 15.8. The molecule has 0 aliphatic heterocycles. The van der Waals surface area contributed by atoms with Crippen LogP contribution in [0.4, 0.5) is 0 Å². The number of fused-ring (bicyclic) bond motifs is 9. The summed E-state index contributed by atoms with van der Waals surface area (Å²) in [6.45, 7) is 0. The molecule has 0 atom stereocenters. The molecule has 6 heteroatoms. The van der Waals surface area contributed by atoms with E-state index in [1.165, 1.54) is 14.8 Å². The van der Waals surface area contributed by atoms with Gasteiger partial charge in [-0.1, -0.05) is 139 Å². The van der Waals surface area contributed by atoms with Gasteiger partial charge in [-0.25, -0.2) is 0 Å². The second-order valence-corrected chi connectivity index (χ2v) is 14.4. The lowest BCUT2D eigenvalue weighted by atomic mass is 9.97. The van der Waals surface area contributed by atoms with E-state index in [9.17, 15) is 5.48 Å². The molecule has 0 bridgehead atoms. The fourth-order valence-corrected chi connectivity index (χ4v) is 8.61. The molecular weight excluding hydrogens is 715 g/mol. The minimum Gasteiger partial charge on any atom is -0.278 e. The molecule has 12 rings (SSSR count). The minimum atomic E-state index is -0.694. The highest BCUT2D eigenvalue weighted by atomic mass is 32.1. The third kappa shape index (κ3) is 5.04. The van der Waals surface area contributed by atoms with Crippen LogP contribution in [0.5, 0.6) is 0 Å². The van der Waals surface area contributed by atoms with Crippen LogP contribution in [0.15, 0.2) is 188 Å². The molecular formula is C51H31N5S. The highest BCUT2D eigenvalue weighted by Crippen LogP contribution is 2.38. The van der Waals surface area contributed by atoms with E-state index in [1.54, 1.807) is 23.5 Å². The van der Waals surface area contributed by atoms with Crippen LogP contribution < -0.4 is 0 Å². The van der Waals surface area contributed by atoms with Gasteiger partial charge in [-0.2, -0.15) is 15.0 Å². The Bertz CT molecular complexity index is 4140. The van der Waals surface area contributed by atoms with E-state index in [4.69, 9.17) is 31.4 Å². The fraction of sp³-hybridized carbons (Fsp3) is 0. The molecule has 0 saturated carbocycles. The lowest BCUT2D eigenvalue weighted by Gasteiger charge is -2.13. The molecule has 57 heavy (non-hydrogen) atoms. The summed E-state index contributed by atoms with van der Waals surface area (Å²) in [5.41, 5.74) is 2.74. The lowest BCUT2D eigenvalue weighted by Crippen LogP contribution is -2.10. The van der Waals surface area contributed by atoms with E-state index < -0.39 is 109 Å². The Balaban J connectivity index is 1.14. The van der Waals surface area contributed by atoms with Gasteiger partial charge in [0.25, 0.3) is 0 Å². The molecule has 0 aliphatic rings. The Kier molecular flexibility index (Phi) is 4.40. The van der Waals surface area contributed by atoms with E-state index in [0.29, 0.717) is 5.56 Å². The zero-order valence-electron chi connectivity index (χ0n) is 45.3. The largest absolute Gasteiger partial charge is 0.278 e. The Morgan fingerprint density at radius 1 is 0.368 bits per heavy atom. The van der Waals surface area contributed by atoms with Crippen LogP contribution in [0.3, 0.4) is 0 Å². The summed E-state index contributed by atoms with van der Waals surface area (Å²) in [6.07, 6.45) is 0. The van der Waals surface area contributed by atoms with Crippen LogP contribution in [0.25, 0.3) is 109 Å². The van der Waals surface area contributed by atoms with E-state index in [-0.39, 0.29) is 49.4 Å². The van der Waals surface area contributed by atoms with Crippen molar-refractivity contribution < 1.29 is 21.9 Å². The zero-order chi connectivity index (χ0) is 51.4. The standard InChI is InChI=1S/C51H31N5S/c1-6-19-43-37(14-1)38-15-2-7-20-44(38)55(43)50-52-49(53-51(54-50)56-45-21-8-3-16-39(45)40-17-4-9-22-46(40)56)33-26-24-32(25-27-33)34-12-11-13-35(30-34)36-28-29-48-42(31-36)41-18-5-10-23-47(41)57-48/h1-31H/i1D,2D,3D,4D,6D,7D,8D,9D,14D,15D,16D,17D,19D,20D,21D,22D. The van der Waals surface area contributed by atoms with E-state index in [0.717, 1.165) is 36.8 Å². The SMILES string of the molecule is [2H]c1c([2H])c([2H])c2c(c1[2H])c1c([2H])c([2H])c([2H])c([2H])c1n2-c1nc(-c2ccc(-c3cccc(-c4ccc5sc6ccccc6c5c4)c3)cc2)nc(-n2c3c([2H])c([2H])c([2H])c([2H])c3c3c([2H])c([2H])c([2H])c([2H])c32)n1. The molecule has 0 unspecified atom stereocenters. The van der Waals surface area contributed by atoms with Gasteiger partial charge in [0.15, 0.2) is 5.82 Å². The van der Waals surface area contributed by atoms with Gasteiger partial charge in [0.1, 0.15) is 0 Å². The summed E-state index contributed by atoms with van der Waals surface area (Å²) in [5.74, 6) is -1.05. The molecule has 5 nitrogen and oxygen atoms in total. The van der Waals surface area contributed by atoms with Crippen LogP contribution >= 0.6 is 11.3 Å². The van der Waals surface area contributed by atoms with Gasteiger partial charge in [-0.15, -0.1) is 11.3 Å². The summed E-state index contributed by atoms with van der Waals surface area (Å²) in [6, 6.07) is 19.4. The third-order valence-corrected chi connectivity index (χ3v) is 11.3. The van der Waals surface area contributed by atoms with Crippen molar-refractivity contribution in [1.29, 1.82) is 0 Å². The smallest absolute Gasteiger partial charge is 0.240 e. The van der Waals surface area contributed by atoms with Crippen LogP contribution in [-0.2, 0) is 0 Å². The van der Waals surface area contributed by atoms with Crippen LogP contribution in [0.1, 0.15) is 21.9 Å². The van der Waals surface area contributed by atoms with Crippen molar-refractivity contribution in [2.75, 3.05) is 0 Å². The van der Waals surface area contributed by atoms with Crippen molar-refractivity contribution in [2.24, 2.45) is 0 Å². The first-order chi connectivity index (χ1) is 34.9. The molecule has 0 N–H and O–H groups in total. The number of aromatic nitrogens is 5. The highest BCUT2D eigenvalue weighted by molar-refractivity contribution is 7.25. The number of para-hydroxylation sites is 4. The molecule has 0 spiro atoms. The number of hydrogen-bond acceptors (Lipinski definition) is 4. The number of benzene rings is 8. The molecule has 8 aromatic carbocycles. The predicted octanol–water partition coefficient (Wildman–Crippen LogP) is 13.4. The summed E-state index contributed by atoms with van der Waals surface area (Å²) in [4.78, 5) is 14.4. The van der Waals surface area contributed by atoms with E-state index >= 15 is 0 Å². The van der Waals surface area contributed by atoms with Gasteiger partial charge >= 0.3 is 0 Å². The van der Waals surface area contributed by atoms with Crippen molar-refractivity contribution in [2.45, 2.75) is 0 Å². The van der Waals surface area contributed by atoms with E-state index in [1.807, 2.05) is 42.5 Å². The third-order valence-electron chi connectivity index (χ3n) is 10.1. The summed E-state index contributed by atoms with van der Waals surface area (Å²) >= 11 is 1.74. The Morgan fingerprint density at radius 2 is 0.825 bits per heavy atom. The topological polar surface area (TPSA) is 48.5 Å². The van der Waals surface area contributed by atoms with Crippen LogP contribution in [-0.4, -0.2) is 24.1 Å². The molecule has 0 amide bonds. The fourth-order valence-electron chi connectivity index (χ4n) is 7.52. The Hall–Kier alpha value is -7.41. The molecule has 12 aromatic rings. The van der Waals surface area contributed by atoms with Gasteiger partial charge < -0.3 is 0 Å². The summed E-state index contributed by atoms with van der Waals surface area (Å²) in [7, 11) is 0. The molecule has 0 radical (unpaired) electrons. The maximum atomic E-state index is 9.18. The molecule has 4 heterocycles. The first-order valence-electron chi connectivity index (χ1n) is 25.8. The number of nitrogens with zero attached hydrogens (tertiary/aromatic N) is 5. The number of rotatable bonds is 5. The molecule has 4 aromatic heterocycles. The maximum absolute atomic E-state index is 9.18. The summed E-state index contributed by atoms with van der Waals surface area (Å²) < 4.78 is 146. The molecule has 0 aliphatic carbocycles. The van der Waals surface area contributed by atoms with Gasteiger partial charge in [0.2, 0.25) is 11.9 Å². The van der Waals surface area contributed by atoms with Crippen molar-refractivity contribution in [3.63, 3.8) is 0 Å². The van der Waals surface area contributed by atoms with Gasteiger partial charge in [0, 0.05) is 47.3 Å². The second-order valence-electron chi connectivity index (χ2n) is 13.3. The van der Waals surface area contributed by atoms with Crippen molar-refractivity contribution in [3.8, 4) is 45.5 Å². The molecule has 266 valence electrons. The summed E-state index contributed by atoms with van der Waals surface area (Å²) in [5, 5.41) is 1.31. The number of thiophene rings is 1. The van der Waals surface area contributed by atoms with Crippen LogP contribution in [0, 0.1) is 0 Å². The average molecular weight is 762 g/mol. The average Bonchev–Trinajstić information content (AvgIpc) is 4.10. The molecule has 0 saturated heterocycles. The Labute approximate surface area is 353 Å². The lowest BCUT2D eigenvalue weighted by molar-refractivity contribution is 0.893. The quantitative estimate of drug-likeness (QED) is 0.175. The highest BCUT2D eigenvalue weighted by Gasteiger charge is 2.20. The van der Waals surface area contributed by atoms with Gasteiger partial charge in [-0.05, 0) is 70.7 Å². The first-order valence-corrected chi connectivity index (χ1v) is 18.6. The zero-order valence-corrected chi connectivity index (χ0v) is 30.1.